The van der Waals surface area contributed by atoms with Crippen molar-refractivity contribution in [1.82, 2.24) is 0 Å². The summed E-state index contributed by atoms with van der Waals surface area (Å²) in [5.74, 6) is 0.880. The molecular weight excluding hydrogens is 178 g/mol. The van der Waals surface area contributed by atoms with E-state index in [-0.39, 0.29) is 12.6 Å². The fraction of sp³-hybridized carbons (Fsp3) is 0.455. The van der Waals surface area contributed by atoms with Gasteiger partial charge in [0.2, 0.25) is 0 Å². The molecule has 0 radical (unpaired) electrons. The van der Waals surface area contributed by atoms with Crippen LogP contribution in [0.2, 0.25) is 0 Å². The van der Waals surface area contributed by atoms with Crippen LogP contribution in [0.25, 0.3) is 0 Å². The lowest BCUT2D eigenvalue weighted by molar-refractivity contribution is 0.244. The van der Waals surface area contributed by atoms with Crippen molar-refractivity contribution >= 4 is 0 Å². The van der Waals surface area contributed by atoms with Crippen LogP contribution in [0.15, 0.2) is 30.3 Å². The van der Waals surface area contributed by atoms with Gasteiger partial charge in [0.15, 0.2) is 0 Å². The Morgan fingerprint density at radius 3 is 2.64 bits per heavy atom. The van der Waals surface area contributed by atoms with E-state index in [0.717, 1.165) is 18.6 Å². The van der Waals surface area contributed by atoms with Crippen LogP contribution in [-0.2, 0) is 0 Å². The lowest BCUT2D eigenvalue weighted by Crippen LogP contribution is -2.24. The van der Waals surface area contributed by atoms with Gasteiger partial charge in [-0.2, -0.15) is 0 Å². The van der Waals surface area contributed by atoms with Crippen molar-refractivity contribution in [2.45, 2.75) is 18.9 Å². The van der Waals surface area contributed by atoms with E-state index in [4.69, 9.17) is 15.6 Å². The number of ether oxygens (including phenoxy) is 1. The van der Waals surface area contributed by atoms with Crippen molar-refractivity contribution in [2.75, 3.05) is 13.2 Å². The number of hydrogen-bond donors (Lipinski definition) is 2. The molecule has 14 heavy (non-hydrogen) atoms. The Labute approximate surface area is 84.5 Å². The van der Waals surface area contributed by atoms with Gasteiger partial charge < -0.3 is 15.6 Å². The van der Waals surface area contributed by atoms with Gasteiger partial charge in [-0.3, -0.25) is 0 Å². The maximum absolute atomic E-state index is 8.69. The topological polar surface area (TPSA) is 55.5 Å². The van der Waals surface area contributed by atoms with E-state index in [9.17, 15) is 0 Å². The van der Waals surface area contributed by atoms with Crippen LogP contribution in [-0.4, -0.2) is 24.4 Å². The number of benzene rings is 1. The first-order chi connectivity index (χ1) is 6.83. The molecule has 0 bridgehead atoms. The van der Waals surface area contributed by atoms with Crippen LogP contribution in [0.4, 0.5) is 0 Å². The van der Waals surface area contributed by atoms with Gasteiger partial charge >= 0.3 is 0 Å². The molecule has 0 aliphatic rings. The second-order valence-electron chi connectivity index (χ2n) is 3.25. The zero-order valence-corrected chi connectivity index (χ0v) is 8.23. The van der Waals surface area contributed by atoms with Crippen molar-refractivity contribution in [3.8, 4) is 5.75 Å². The summed E-state index contributed by atoms with van der Waals surface area (Å²) in [6.07, 6.45) is 1.67. The molecule has 1 rings (SSSR count). The molecule has 1 aromatic rings. The lowest BCUT2D eigenvalue weighted by Gasteiger charge is -2.08. The van der Waals surface area contributed by atoms with Crippen molar-refractivity contribution in [3.05, 3.63) is 30.3 Å². The second-order valence-corrected chi connectivity index (χ2v) is 3.25. The molecule has 0 fully saturated rings. The van der Waals surface area contributed by atoms with E-state index in [0.29, 0.717) is 6.61 Å². The highest BCUT2D eigenvalue weighted by molar-refractivity contribution is 5.20. The van der Waals surface area contributed by atoms with E-state index in [1.165, 1.54) is 0 Å². The molecule has 0 amide bonds. The van der Waals surface area contributed by atoms with Gasteiger partial charge in [0.05, 0.1) is 13.2 Å². The van der Waals surface area contributed by atoms with Gasteiger partial charge in [0, 0.05) is 6.04 Å². The Hall–Kier alpha value is -1.06. The molecule has 0 spiro atoms. The number of hydrogen-bond acceptors (Lipinski definition) is 3. The van der Waals surface area contributed by atoms with Crippen LogP contribution < -0.4 is 10.5 Å². The predicted octanol–water partition coefficient (Wildman–Crippen LogP) is 1.17. The van der Waals surface area contributed by atoms with E-state index in [2.05, 4.69) is 0 Å². The summed E-state index contributed by atoms with van der Waals surface area (Å²) in [7, 11) is 0. The number of aliphatic hydroxyl groups is 1. The van der Waals surface area contributed by atoms with Gasteiger partial charge in [-0.15, -0.1) is 0 Å². The fourth-order valence-corrected chi connectivity index (χ4v) is 1.14. The van der Waals surface area contributed by atoms with E-state index >= 15 is 0 Å². The fourth-order valence-electron chi connectivity index (χ4n) is 1.14. The molecule has 0 saturated heterocycles. The van der Waals surface area contributed by atoms with Crippen molar-refractivity contribution in [3.63, 3.8) is 0 Å². The monoisotopic (exact) mass is 195 g/mol. The SMILES string of the molecule is N[C@@H](CO)CCCOc1ccccc1. The van der Waals surface area contributed by atoms with Crippen molar-refractivity contribution in [2.24, 2.45) is 5.73 Å². The summed E-state index contributed by atoms with van der Waals surface area (Å²) in [5, 5.41) is 8.69. The highest BCUT2D eigenvalue weighted by Gasteiger charge is 1.99. The molecular formula is C11H17NO2. The third-order valence-corrected chi connectivity index (χ3v) is 1.97. The predicted molar refractivity (Wildman–Crippen MR) is 56.2 cm³/mol. The highest BCUT2D eigenvalue weighted by Crippen LogP contribution is 2.08. The molecule has 0 aliphatic heterocycles. The smallest absolute Gasteiger partial charge is 0.119 e. The third-order valence-electron chi connectivity index (χ3n) is 1.97. The average molecular weight is 195 g/mol. The number of aliphatic hydroxyl groups excluding tert-OH is 1. The Morgan fingerprint density at radius 1 is 1.29 bits per heavy atom. The maximum Gasteiger partial charge on any atom is 0.119 e. The van der Waals surface area contributed by atoms with Crippen LogP contribution in [0, 0.1) is 0 Å². The minimum atomic E-state index is -0.116. The summed E-state index contributed by atoms with van der Waals surface area (Å²) < 4.78 is 5.46. The quantitative estimate of drug-likeness (QED) is 0.670. The molecule has 78 valence electrons. The van der Waals surface area contributed by atoms with Crippen LogP contribution in [0.5, 0.6) is 5.75 Å². The minimum absolute atomic E-state index is 0.0470. The Bertz CT molecular complexity index is 238. The van der Waals surface area contributed by atoms with E-state index in [1.807, 2.05) is 30.3 Å². The van der Waals surface area contributed by atoms with Crippen LogP contribution in [0.3, 0.4) is 0 Å². The normalized spacial score (nSPS) is 12.4. The summed E-state index contributed by atoms with van der Waals surface area (Å²) in [6, 6.07) is 9.56. The first-order valence-corrected chi connectivity index (χ1v) is 4.87. The van der Waals surface area contributed by atoms with Gasteiger partial charge in [-0.1, -0.05) is 18.2 Å². The van der Waals surface area contributed by atoms with E-state index in [1.54, 1.807) is 0 Å². The Kier molecular flexibility index (Phi) is 5.04. The molecule has 0 unspecified atom stereocenters. The maximum atomic E-state index is 8.69. The highest BCUT2D eigenvalue weighted by atomic mass is 16.5. The molecule has 3 nitrogen and oxygen atoms in total. The van der Waals surface area contributed by atoms with Crippen molar-refractivity contribution < 1.29 is 9.84 Å². The van der Waals surface area contributed by atoms with Gasteiger partial charge in [-0.05, 0) is 25.0 Å². The molecule has 1 aromatic carbocycles. The minimum Gasteiger partial charge on any atom is -0.494 e. The van der Waals surface area contributed by atoms with Gasteiger partial charge in [0.25, 0.3) is 0 Å². The summed E-state index contributed by atoms with van der Waals surface area (Å²) in [5.41, 5.74) is 5.55. The zero-order chi connectivity index (χ0) is 10.2. The second kappa shape index (κ2) is 6.40. The molecule has 1 atom stereocenters. The lowest BCUT2D eigenvalue weighted by atomic mass is 10.2. The van der Waals surface area contributed by atoms with Crippen LogP contribution in [0.1, 0.15) is 12.8 Å². The van der Waals surface area contributed by atoms with Crippen LogP contribution >= 0.6 is 0 Å². The Balaban J connectivity index is 2.10. The molecule has 0 aliphatic carbocycles. The number of nitrogens with two attached hydrogens (primary N) is 1. The van der Waals surface area contributed by atoms with Gasteiger partial charge in [0.1, 0.15) is 5.75 Å². The van der Waals surface area contributed by atoms with E-state index < -0.39 is 0 Å². The molecule has 0 saturated carbocycles. The summed E-state index contributed by atoms with van der Waals surface area (Å²) in [6.45, 7) is 0.697. The number of rotatable bonds is 6. The molecule has 0 aromatic heterocycles. The standard InChI is InChI=1S/C11H17NO2/c12-10(9-13)5-4-8-14-11-6-2-1-3-7-11/h1-3,6-7,10,13H,4-5,8-9,12H2/t10-/m1/s1. The molecule has 3 heteroatoms. The molecule has 3 N–H and O–H groups in total. The largest absolute Gasteiger partial charge is 0.494 e. The zero-order valence-electron chi connectivity index (χ0n) is 8.23. The summed E-state index contributed by atoms with van der Waals surface area (Å²) in [4.78, 5) is 0. The average Bonchev–Trinajstić information content (AvgIpc) is 2.25. The first kappa shape index (κ1) is 11.0. The molecule has 0 heterocycles. The Morgan fingerprint density at radius 2 is 2.00 bits per heavy atom. The third kappa shape index (κ3) is 4.25. The first-order valence-electron chi connectivity index (χ1n) is 4.87. The van der Waals surface area contributed by atoms with Gasteiger partial charge in [-0.25, -0.2) is 0 Å². The number of para-hydroxylation sites is 1. The summed E-state index contributed by atoms with van der Waals surface area (Å²) >= 11 is 0. The van der Waals surface area contributed by atoms with Crippen molar-refractivity contribution in [1.29, 1.82) is 0 Å².